The maximum Gasteiger partial charge on any atom is 0.284 e. The number of hydrogen-bond donors (Lipinski definition) is 0. The monoisotopic (exact) mass is 288 g/mol. The van der Waals surface area contributed by atoms with Gasteiger partial charge in [-0.2, -0.15) is 0 Å². The first-order valence-corrected chi connectivity index (χ1v) is 7.08. The van der Waals surface area contributed by atoms with Gasteiger partial charge >= 0.3 is 0 Å². The predicted molar refractivity (Wildman–Crippen MR) is 75.3 cm³/mol. The standard InChI is InChI=1S/C16H17FN2O2/c1-10(2)19-9-16(8-15(19)18-3)14(20)7-11-6-12(17)4-5-13(11)21-16/h4-6,10,15H,7-9H2,1-2H3/t15-,16+/m0/s1. The van der Waals surface area contributed by atoms with Gasteiger partial charge in [0.05, 0.1) is 13.0 Å². The summed E-state index contributed by atoms with van der Waals surface area (Å²) in [6, 6.07) is 4.43. The zero-order valence-electron chi connectivity index (χ0n) is 12.1. The van der Waals surface area contributed by atoms with Gasteiger partial charge in [-0.1, -0.05) is 0 Å². The van der Waals surface area contributed by atoms with Crippen LogP contribution in [0.2, 0.25) is 0 Å². The summed E-state index contributed by atoms with van der Waals surface area (Å²) in [5, 5.41) is 0. The molecule has 4 nitrogen and oxygen atoms in total. The average molecular weight is 288 g/mol. The van der Waals surface area contributed by atoms with E-state index in [1.54, 1.807) is 6.07 Å². The van der Waals surface area contributed by atoms with Gasteiger partial charge in [-0.3, -0.25) is 9.64 Å². The first-order valence-electron chi connectivity index (χ1n) is 7.08. The number of ether oxygens (including phenoxy) is 1. The number of carbonyl (C=O) groups is 1. The Labute approximate surface area is 123 Å². The van der Waals surface area contributed by atoms with Gasteiger partial charge in [0.25, 0.3) is 6.17 Å². The number of benzene rings is 1. The molecule has 1 aromatic carbocycles. The molecular formula is C16H17FN2O2. The van der Waals surface area contributed by atoms with Gasteiger partial charge in [0.2, 0.25) is 0 Å². The number of nitrogens with zero attached hydrogens (tertiary/aromatic N) is 2. The van der Waals surface area contributed by atoms with E-state index in [-0.39, 0.29) is 30.2 Å². The van der Waals surface area contributed by atoms with Crippen molar-refractivity contribution in [2.75, 3.05) is 6.54 Å². The molecule has 0 radical (unpaired) electrons. The lowest BCUT2D eigenvalue weighted by Crippen LogP contribution is -2.51. The molecule has 2 heterocycles. The van der Waals surface area contributed by atoms with Crippen molar-refractivity contribution in [3.8, 4) is 5.75 Å². The Morgan fingerprint density at radius 3 is 2.90 bits per heavy atom. The fourth-order valence-electron chi connectivity index (χ4n) is 3.19. The van der Waals surface area contributed by atoms with E-state index >= 15 is 0 Å². The van der Waals surface area contributed by atoms with Crippen LogP contribution in [0, 0.1) is 12.4 Å². The molecule has 0 aliphatic carbocycles. The number of halogens is 1. The van der Waals surface area contributed by atoms with E-state index in [0.717, 1.165) is 0 Å². The zero-order valence-corrected chi connectivity index (χ0v) is 12.1. The second-order valence-electron chi connectivity index (χ2n) is 6.03. The molecule has 0 N–H and O–H groups in total. The van der Waals surface area contributed by atoms with E-state index in [2.05, 4.69) is 4.85 Å². The van der Waals surface area contributed by atoms with E-state index in [1.165, 1.54) is 12.1 Å². The van der Waals surface area contributed by atoms with Crippen LogP contribution in [0.25, 0.3) is 4.85 Å². The highest BCUT2D eigenvalue weighted by atomic mass is 19.1. The second kappa shape index (κ2) is 4.81. The van der Waals surface area contributed by atoms with Crippen molar-refractivity contribution in [1.82, 2.24) is 4.90 Å². The van der Waals surface area contributed by atoms with E-state index in [9.17, 15) is 9.18 Å². The third kappa shape index (κ3) is 2.20. The van der Waals surface area contributed by atoms with Crippen molar-refractivity contribution in [2.24, 2.45) is 0 Å². The van der Waals surface area contributed by atoms with Crippen LogP contribution in [-0.4, -0.2) is 35.0 Å². The Morgan fingerprint density at radius 2 is 2.29 bits per heavy atom. The Balaban J connectivity index is 1.95. The van der Waals surface area contributed by atoms with Crippen molar-refractivity contribution < 1.29 is 13.9 Å². The Morgan fingerprint density at radius 1 is 1.52 bits per heavy atom. The minimum Gasteiger partial charge on any atom is -0.477 e. The molecule has 2 aliphatic rings. The minimum absolute atomic E-state index is 0.0580. The summed E-state index contributed by atoms with van der Waals surface area (Å²) in [4.78, 5) is 18.2. The summed E-state index contributed by atoms with van der Waals surface area (Å²) in [6.45, 7) is 11.8. The van der Waals surface area contributed by atoms with Crippen molar-refractivity contribution in [3.63, 3.8) is 0 Å². The number of hydrogen-bond acceptors (Lipinski definition) is 3. The quantitative estimate of drug-likeness (QED) is 0.744. The molecule has 21 heavy (non-hydrogen) atoms. The Bertz CT molecular complexity index is 638. The van der Waals surface area contributed by atoms with Gasteiger partial charge in [0, 0.05) is 18.0 Å². The van der Waals surface area contributed by atoms with Crippen LogP contribution in [0.5, 0.6) is 5.75 Å². The molecule has 0 bridgehead atoms. The largest absolute Gasteiger partial charge is 0.477 e. The van der Waals surface area contributed by atoms with Gasteiger partial charge in [0.15, 0.2) is 11.4 Å². The molecule has 0 saturated carbocycles. The fourth-order valence-corrected chi connectivity index (χ4v) is 3.19. The van der Waals surface area contributed by atoms with Crippen molar-refractivity contribution in [2.45, 2.75) is 44.5 Å². The Kier molecular flexibility index (Phi) is 3.22. The lowest BCUT2D eigenvalue weighted by Gasteiger charge is -2.33. The predicted octanol–water partition coefficient (Wildman–Crippen LogP) is 2.43. The lowest BCUT2D eigenvalue weighted by atomic mass is 9.88. The van der Waals surface area contributed by atoms with Gasteiger partial charge in [-0.25, -0.2) is 15.9 Å². The van der Waals surface area contributed by atoms with Crippen molar-refractivity contribution in [1.29, 1.82) is 0 Å². The molecule has 2 atom stereocenters. The van der Waals surface area contributed by atoms with Gasteiger partial charge in [-0.05, 0) is 32.0 Å². The third-order valence-corrected chi connectivity index (χ3v) is 4.33. The first-order chi connectivity index (χ1) is 9.95. The van der Waals surface area contributed by atoms with Gasteiger partial charge in [0.1, 0.15) is 11.6 Å². The van der Waals surface area contributed by atoms with E-state index in [4.69, 9.17) is 11.3 Å². The summed E-state index contributed by atoms with van der Waals surface area (Å²) in [6.07, 6.45) is 0.213. The number of rotatable bonds is 1. The highest BCUT2D eigenvalue weighted by Crippen LogP contribution is 2.40. The molecule has 1 spiro atoms. The van der Waals surface area contributed by atoms with Gasteiger partial charge in [-0.15, -0.1) is 0 Å². The highest BCUT2D eigenvalue weighted by Gasteiger charge is 2.56. The first kappa shape index (κ1) is 14.0. The topological polar surface area (TPSA) is 33.9 Å². The average Bonchev–Trinajstić information content (AvgIpc) is 2.81. The van der Waals surface area contributed by atoms with Crippen LogP contribution >= 0.6 is 0 Å². The van der Waals surface area contributed by atoms with Crippen LogP contribution in [0.15, 0.2) is 18.2 Å². The maximum atomic E-state index is 13.3. The molecule has 0 aromatic heterocycles. The molecule has 1 saturated heterocycles. The van der Waals surface area contributed by atoms with Crippen LogP contribution in [-0.2, 0) is 11.2 Å². The number of likely N-dealkylation sites (tertiary alicyclic amines) is 1. The van der Waals surface area contributed by atoms with Crippen molar-refractivity contribution >= 4 is 5.78 Å². The van der Waals surface area contributed by atoms with Gasteiger partial charge < -0.3 is 4.74 Å². The minimum atomic E-state index is -0.954. The zero-order chi connectivity index (χ0) is 15.2. The number of ketones is 1. The molecule has 5 heteroatoms. The lowest BCUT2D eigenvalue weighted by molar-refractivity contribution is -0.134. The number of Topliss-reactive ketones (excluding diaryl/α,β-unsaturated/α-hetero) is 1. The molecule has 0 unspecified atom stereocenters. The van der Waals surface area contributed by atoms with E-state index in [1.807, 2.05) is 18.7 Å². The fraction of sp³-hybridized carbons (Fsp3) is 0.500. The summed E-state index contributed by atoms with van der Waals surface area (Å²) >= 11 is 0. The highest BCUT2D eigenvalue weighted by molar-refractivity contribution is 5.92. The molecule has 3 rings (SSSR count). The third-order valence-electron chi connectivity index (χ3n) is 4.33. The van der Waals surface area contributed by atoms with Crippen LogP contribution in [0.3, 0.4) is 0 Å². The van der Waals surface area contributed by atoms with Crippen LogP contribution in [0.1, 0.15) is 25.8 Å². The Hall–Kier alpha value is -1.93. The molecule has 0 amide bonds. The van der Waals surface area contributed by atoms with E-state index < -0.39 is 5.60 Å². The second-order valence-corrected chi connectivity index (χ2v) is 6.03. The molecular weight excluding hydrogens is 271 g/mol. The summed E-state index contributed by atoms with van der Waals surface area (Å²) in [7, 11) is 0. The number of fused-ring (bicyclic) bond motifs is 1. The molecule has 1 aromatic rings. The molecule has 1 fully saturated rings. The maximum absolute atomic E-state index is 13.3. The SMILES string of the molecule is [C-]#[N+][C@@H]1C[C@]2(CN1C(C)C)Oc1ccc(F)cc1CC2=O. The summed E-state index contributed by atoms with van der Waals surface area (Å²) < 4.78 is 19.2. The smallest absolute Gasteiger partial charge is 0.284 e. The molecule has 110 valence electrons. The number of carbonyl (C=O) groups excluding carboxylic acids is 1. The summed E-state index contributed by atoms with van der Waals surface area (Å²) in [5.41, 5.74) is -0.363. The van der Waals surface area contributed by atoms with Crippen LogP contribution < -0.4 is 4.74 Å². The summed E-state index contributed by atoms with van der Waals surface area (Å²) in [5.74, 6) is 0.137. The normalized spacial score (nSPS) is 28.5. The van der Waals surface area contributed by atoms with Crippen molar-refractivity contribution in [3.05, 3.63) is 41.0 Å². The molecule has 2 aliphatic heterocycles. The van der Waals surface area contributed by atoms with Crippen LogP contribution in [0.4, 0.5) is 4.39 Å². The van der Waals surface area contributed by atoms with E-state index in [0.29, 0.717) is 24.3 Å².